The maximum Gasteiger partial charge on any atom is 0.0583 e. The molecule has 1 nitrogen and oxygen atoms in total. The van der Waals surface area contributed by atoms with Crippen LogP contribution in [0.3, 0.4) is 0 Å². The highest BCUT2D eigenvalue weighted by atomic mass is 32.2. The average Bonchev–Trinajstić information content (AvgIpc) is 2.24. The van der Waals surface area contributed by atoms with Crippen molar-refractivity contribution in [1.29, 1.82) is 0 Å². The first-order valence-electron chi connectivity index (χ1n) is 5.57. The van der Waals surface area contributed by atoms with Crippen LogP contribution in [-0.4, -0.2) is 8.96 Å². The summed E-state index contributed by atoms with van der Waals surface area (Å²) in [6.45, 7) is 9.71. The van der Waals surface area contributed by atoms with Crippen molar-refractivity contribution in [2.45, 2.75) is 43.3 Å². The van der Waals surface area contributed by atoms with E-state index in [2.05, 4.69) is 12.6 Å². The third-order valence-corrected chi connectivity index (χ3v) is 4.10. The third kappa shape index (κ3) is 3.60. The van der Waals surface area contributed by atoms with Gasteiger partial charge in [0.2, 0.25) is 0 Å². The molecule has 0 aromatic heterocycles. The van der Waals surface area contributed by atoms with Crippen LogP contribution in [0.15, 0.2) is 41.8 Å². The van der Waals surface area contributed by atoms with E-state index in [1.54, 1.807) is 0 Å². The van der Waals surface area contributed by atoms with Crippen molar-refractivity contribution in [1.82, 2.24) is 0 Å². The molecule has 0 aliphatic rings. The zero-order valence-corrected chi connectivity index (χ0v) is 11.1. The van der Waals surface area contributed by atoms with Gasteiger partial charge in [-0.3, -0.25) is 4.21 Å². The minimum absolute atomic E-state index is 0.197. The van der Waals surface area contributed by atoms with E-state index in [0.29, 0.717) is 0 Å². The van der Waals surface area contributed by atoms with Crippen molar-refractivity contribution in [2.24, 2.45) is 0 Å². The molecule has 1 rings (SSSR count). The molecular formula is C14H20OS. The molecule has 0 saturated heterocycles. The van der Waals surface area contributed by atoms with Gasteiger partial charge in [-0.05, 0) is 51.3 Å². The Kier molecular flexibility index (Phi) is 4.48. The molecule has 0 saturated carbocycles. The van der Waals surface area contributed by atoms with Crippen LogP contribution in [0.5, 0.6) is 0 Å². The molecule has 16 heavy (non-hydrogen) atoms. The highest BCUT2D eigenvalue weighted by Gasteiger charge is 2.21. The summed E-state index contributed by atoms with van der Waals surface area (Å²) < 4.78 is 12.0. The molecule has 0 aliphatic carbocycles. The van der Waals surface area contributed by atoms with Gasteiger partial charge < -0.3 is 0 Å². The van der Waals surface area contributed by atoms with E-state index in [1.807, 2.05) is 45.0 Å². The van der Waals surface area contributed by atoms with Gasteiger partial charge >= 0.3 is 0 Å². The minimum Gasteiger partial charge on any atom is -0.254 e. The second-order valence-corrected chi connectivity index (χ2v) is 7.09. The van der Waals surface area contributed by atoms with Crippen molar-refractivity contribution in [3.63, 3.8) is 0 Å². The number of allylic oxidation sites excluding steroid dienone is 1. The lowest BCUT2D eigenvalue weighted by Gasteiger charge is -2.18. The molecule has 0 heterocycles. The average molecular weight is 236 g/mol. The molecule has 2 heteroatoms. The smallest absolute Gasteiger partial charge is 0.0583 e. The van der Waals surface area contributed by atoms with Crippen molar-refractivity contribution >= 4 is 10.8 Å². The summed E-state index contributed by atoms with van der Waals surface area (Å²) in [7, 11) is -0.942. The lowest BCUT2D eigenvalue weighted by Crippen LogP contribution is -2.21. The second kappa shape index (κ2) is 5.44. The van der Waals surface area contributed by atoms with Crippen molar-refractivity contribution in [3.05, 3.63) is 42.5 Å². The molecule has 0 bridgehead atoms. The lowest BCUT2D eigenvalue weighted by molar-refractivity contribution is 0.649. The third-order valence-electron chi connectivity index (χ3n) is 2.31. The summed E-state index contributed by atoms with van der Waals surface area (Å²) in [5.74, 6) is 0. The first-order valence-corrected chi connectivity index (χ1v) is 6.72. The van der Waals surface area contributed by atoms with Gasteiger partial charge in [0, 0.05) is 9.64 Å². The zero-order valence-electron chi connectivity index (χ0n) is 10.3. The molecule has 0 radical (unpaired) electrons. The molecule has 0 spiro atoms. The molecule has 0 fully saturated rings. The van der Waals surface area contributed by atoms with Gasteiger partial charge in [-0.2, -0.15) is 0 Å². The number of benzene rings is 1. The summed E-state index contributed by atoms with van der Waals surface area (Å²) in [5.41, 5.74) is 1.23. The Morgan fingerprint density at radius 2 is 2.06 bits per heavy atom. The van der Waals surface area contributed by atoms with Crippen LogP contribution in [0.4, 0.5) is 0 Å². The van der Waals surface area contributed by atoms with Crippen LogP contribution in [0, 0.1) is 0 Å². The van der Waals surface area contributed by atoms with Crippen LogP contribution >= 0.6 is 0 Å². The topological polar surface area (TPSA) is 17.1 Å². The van der Waals surface area contributed by atoms with E-state index < -0.39 is 10.8 Å². The van der Waals surface area contributed by atoms with E-state index in [4.69, 9.17) is 0 Å². The van der Waals surface area contributed by atoms with E-state index in [-0.39, 0.29) is 4.75 Å². The van der Waals surface area contributed by atoms with Crippen molar-refractivity contribution < 1.29 is 4.21 Å². The van der Waals surface area contributed by atoms with Crippen LogP contribution in [0.1, 0.15) is 32.8 Å². The highest BCUT2D eigenvalue weighted by Crippen LogP contribution is 2.21. The monoisotopic (exact) mass is 236 g/mol. The van der Waals surface area contributed by atoms with Gasteiger partial charge in [0.05, 0.1) is 10.8 Å². The molecule has 0 aliphatic heterocycles. The molecule has 1 aromatic carbocycles. The maximum absolute atomic E-state index is 12.2. The Hall–Kier alpha value is -0.890. The van der Waals surface area contributed by atoms with Crippen LogP contribution in [0.25, 0.3) is 0 Å². The lowest BCUT2D eigenvalue weighted by atomic mass is 10.1. The van der Waals surface area contributed by atoms with Gasteiger partial charge in [-0.1, -0.05) is 18.2 Å². The van der Waals surface area contributed by atoms with E-state index in [1.165, 1.54) is 5.56 Å². The SMILES string of the molecule is C=CCCc1cccc(S(=O)C(C)(C)C)c1. The normalized spacial score (nSPS) is 13.4. The van der Waals surface area contributed by atoms with E-state index in [9.17, 15) is 4.21 Å². The standard InChI is InChI=1S/C14H20OS/c1-5-6-8-12-9-7-10-13(11-12)16(15)14(2,3)4/h5,7,9-11H,1,6,8H2,2-4H3. The molecule has 0 N–H and O–H groups in total. The summed E-state index contributed by atoms with van der Waals surface area (Å²) in [6, 6.07) is 8.05. The first-order chi connectivity index (χ1) is 7.45. The van der Waals surface area contributed by atoms with Crippen LogP contribution in [0.2, 0.25) is 0 Å². The molecule has 1 aromatic rings. The Morgan fingerprint density at radius 1 is 1.38 bits per heavy atom. The molecule has 1 unspecified atom stereocenters. The summed E-state index contributed by atoms with van der Waals surface area (Å²) in [5, 5.41) is 0. The Balaban J connectivity index is 2.90. The summed E-state index contributed by atoms with van der Waals surface area (Å²) in [4.78, 5) is 0.925. The predicted molar refractivity (Wildman–Crippen MR) is 71.1 cm³/mol. The van der Waals surface area contributed by atoms with E-state index in [0.717, 1.165) is 17.7 Å². The van der Waals surface area contributed by atoms with Gasteiger partial charge in [-0.25, -0.2) is 0 Å². The van der Waals surface area contributed by atoms with Gasteiger partial charge in [0.25, 0.3) is 0 Å². The Bertz CT molecular complexity index is 388. The first kappa shape index (κ1) is 13.2. The van der Waals surface area contributed by atoms with Crippen molar-refractivity contribution in [2.75, 3.05) is 0 Å². The highest BCUT2D eigenvalue weighted by molar-refractivity contribution is 7.86. The largest absolute Gasteiger partial charge is 0.254 e. The zero-order chi connectivity index (χ0) is 12.2. The van der Waals surface area contributed by atoms with Crippen LogP contribution < -0.4 is 0 Å². The fraction of sp³-hybridized carbons (Fsp3) is 0.429. The second-order valence-electron chi connectivity index (χ2n) is 4.86. The Morgan fingerprint density at radius 3 is 2.62 bits per heavy atom. The molecule has 1 atom stereocenters. The van der Waals surface area contributed by atoms with Gasteiger partial charge in [-0.15, -0.1) is 6.58 Å². The number of rotatable bonds is 4. The maximum atomic E-state index is 12.2. The van der Waals surface area contributed by atoms with Gasteiger partial charge in [0.15, 0.2) is 0 Å². The summed E-state index contributed by atoms with van der Waals surface area (Å²) in [6.07, 6.45) is 3.84. The fourth-order valence-electron chi connectivity index (χ4n) is 1.44. The number of hydrogen-bond acceptors (Lipinski definition) is 1. The molecule has 88 valence electrons. The summed E-state index contributed by atoms with van der Waals surface area (Å²) >= 11 is 0. The number of hydrogen-bond donors (Lipinski definition) is 0. The molecule has 0 amide bonds. The van der Waals surface area contributed by atoms with E-state index >= 15 is 0 Å². The van der Waals surface area contributed by atoms with Gasteiger partial charge in [0.1, 0.15) is 0 Å². The van der Waals surface area contributed by atoms with Crippen molar-refractivity contribution in [3.8, 4) is 0 Å². The van der Waals surface area contributed by atoms with Crippen LogP contribution in [-0.2, 0) is 17.2 Å². The quantitative estimate of drug-likeness (QED) is 0.728. The minimum atomic E-state index is -0.942. The predicted octanol–water partition coefficient (Wildman–Crippen LogP) is 3.71. The number of aryl methyl sites for hydroxylation is 1. The fourth-order valence-corrected chi connectivity index (χ4v) is 2.61. The Labute approximate surface area is 101 Å². The molecular weight excluding hydrogens is 216 g/mol.